The molecule has 0 aromatic heterocycles. The highest BCUT2D eigenvalue weighted by Crippen LogP contribution is 2.28. The fourth-order valence-electron chi connectivity index (χ4n) is 4.23. The molecule has 2 rings (SSSR count). The minimum Gasteiger partial charge on any atom is -0.380 e. The van der Waals surface area contributed by atoms with E-state index in [1.54, 1.807) is 7.11 Å². The highest BCUT2D eigenvalue weighted by atomic mass is 35.5. The number of quaternary nitrogens is 1. The second-order valence-electron chi connectivity index (χ2n) is 7.52. The van der Waals surface area contributed by atoms with Gasteiger partial charge in [-0.25, -0.2) is 10.7 Å². The molecule has 0 bridgehead atoms. The van der Waals surface area contributed by atoms with Crippen molar-refractivity contribution < 1.29 is 15.2 Å². The van der Waals surface area contributed by atoms with Gasteiger partial charge in [0.05, 0.1) is 6.10 Å². The van der Waals surface area contributed by atoms with Crippen molar-refractivity contribution in [2.45, 2.75) is 94.9 Å². The molecule has 1 saturated heterocycles. The molecule has 2 fully saturated rings. The number of hydrogen-bond donors (Lipinski definition) is 5. The second-order valence-corrected chi connectivity index (χ2v) is 8.14. The van der Waals surface area contributed by atoms with Gasteiger partial charge < -0.3 is 9.84 Å². The Morgan fingerprint density at radius 2 is 2.17 bits per heavy atom. The number of rotatable bonds is 7. The van der Waals surface area contributed by atoms with Crippen molar-refractivity contribution in [3.63, 3.8) is 0 Å². The van der Waals surface area contributed by atoms with Gasteiger partial charge in [-0.05, 0) is 38.5 Å². The molecule has 6 N–H and O–H groups in total. The largest absolute Gasteiger partial charge is 0.380 e. The number of nitrogens with one attached hydrogen (secondary N) is 3. The average Bonchev–Trinajstić information content (AvgIpc) is 2.56. The van der Waals surface area contributed by atoms with Crippen LogP contribution in [0.15, 0.2) is 0 Å². The number of alkyl halides is 1. The summed E-state index contributed by atoms with van der Waals surface area (Å²) in [5.41, 5.74) is 6.40. The zero-order valence-corrected chi connectivity index (χ0v) is 16.3. The van der Waals surface area contributed by atoms with Crippen molar-refractivity contribution in [2.75, 3.05) is 7.11 Å². The number of aliphatic hydroxyl groups is 1. The van der Waals surface area contributed by atoms with E-state index >= 15 is 0 Å². The minimum absolute atomic E-state index is 0.100. The molecule has 0 amide bonds. The van der Waals surface area contributed by atoms with Gasteiger partial charge in [0.25, 0.3) is 0 Å². The van der Waals surface area contributed by atoms with Crippen LogP contribution in [0.25, 0.3) is 0 Å². The van der Waals surface area contributed by atoms with Crippen LogP contribution in [0.1, 0.15) is 59.3 Å². The molecule has 0 radical (unpaired) electrons. The van der Waals surface area contributed by atoms with Gasteiger partial charge in [0.2, 0.25) is 12.5 Å². The minimum atomic E-state index is -0.510. The van der Waals surface area contributed by atoms with Crippen LogP contribution in [0.5, 0.6) is 0 Å². The molecule has 2 aliphatic rings. The van der Waals surface area contributed by atoms with Crippen molar-refractivity contribution in [2.24, 2.45) is 5.92 Å². The highest BCUT2D eigenvalue weighted by molar-refractivity contribution is 6.20. The molecule has 1 saturated carbocycles. The van der Waals surface area contributed by atoms with Crippen molar-refractivity contribution in [1.29, 1.82) is 0 Å². The molecule has 24 heavy (non-hydrogen) atoms. The van der Waals surface area contributed by atoms with Gasteiger partial charge in [0.15, 0.2) is 0 Å². The molecule has 0 aromatic rings. The van der Waals surface area contributed by atoms with Crippen LogP contribution in [0.4, 0.5) is 0 Å². The molecule has 1 aliphatic carbocycles. The van der Waals surface area contributed by atoms with E-state index in [9.17, 15) is 5.11 Å². The van der Waals surface area contributed by atoms with Crippen molar-refractivity contribution in [3.05, 3.63) is 0 Å². The maximum atomic E-state index is 10.8. The number of ether oxygens (including phenoxy) is 1. The van der Waals surface area contributed by atoms with E-state index in [2.05, 4.69) is 36.9 Å². The SMILES string of the molecule is CCCC(CC)C1(C)NNC(NC2CC(Cl)CCC2OC)[NH2+]C1O. The molecule has 1 heterocycles. The summed E-state index contributed by atoms with van der Waals surface area (Å²) in [6.45, 7) is 6.49. The molecule has 0 spiro atoms. The molecule has 7 unspecified atom stereocenters. The van der Waals surface area contributed by atoms with E-state index in [1.165, 1.54) is 0 Å². The third-order valence-corrected chi connectivity index (χ3v) is 6.28. The lowest BCUT2D eigenvalue weighted by Crippen LogP contribution is -3.09. The van der Waals surface area contributed by atoms with E-state index in [0.29, 0.717) is 5.92 Å². The van der Waals surface area contributed by atoms with Gasteiger partial charge in [-0.1, -0.05) is 26.7 Å². The highest BCUT2D eigenvalue weighted by Gasteiger charge is 2.47. The predicted octanol–water partition coefficient (Wildman–Crippen LogP) is 0.609. The molecule has 7 heteroatoms. The van der Waals surface area contributed by atoms with Gasteiger partial charge in [0.1, 0.15) is 5.54 Å². The average molecular weight is 364 g/mol. The van der Waals surface area contributed by atoms with Crippen LogP contribution in [0.3, 0.4) is 0 Å². The Bertz CT molecular complexity index is 390. The summed E-state index contributed by atoms with van der Waals surface area (Å²) < 4.78 is 5.60. The molecule has 0 aromatic carbocycles. The van der Waals surface area contributed by atoms with Crippen LogP contribution >= 0.6 is 11.6 Å². The summed E-state index contributed by atoms with van der Waals surface area (Å²) in [6, 6.07) is 0.191. The first-order valence-corrected chi connectivity index (χ1v) is 9.86. The number of halogens is 1. The maximum Gasteiger partial charge on any atom is 0.211 e. The van der Waals surface area contributed by atoms with Crippen LogP contribution in [0, 0.1) is 5.92 Å². The van der Waals surface area contributed by atoms with Crippen LogP contribution in [-0.4, -0.2) is 47.8 Å². The first-order valence-electron chi connectivity index (χ1n) is 9.43. The Labute approximate surface area is 151 Å². The van der Waals surface area contributed by atoms with E-state index in [-0.39, 0.29) is 29.4 Å². The predicted molar refractivity (Wildman–Crippen MR) is 96.3 cm³/mol. The van der Waals surface area contributed by atoms with Crippen LogP contribution in [-0.2, 0) is 4.74 Å². The maximum absolute atomic E-state index is 10.8. The Morgan fingerprint density at radius 3 is 2.75 bits per heavy atom. The molecule has 1 aliphatic heterocycles. The smallest absolute Gasteiger partial charge is 0.211 e. The Kier molecular flexibility index (Phi) is 7.74. The third kappa shape index (κ3) is 4.61. The van der Waals surface area contributed by atoms with Crippen molar-refractivity contribution in [1.82, 2.24) is 16.2 Å². The molecule has 142 valence electrons. The normalized spacial score (nSPS) is 42.0. The fraction of sp³-hybridized carbons (Fsp3) is 1.00. The van der Waals surface area contributed by atoms with Gasteiger partial charge in [-0.15, -0.1) is 11.6 Å². The lowest BCUT2D eigenvalue weighted by atomic mass is 9.79. The number of methoxy groups -OCH3 is 1. The molecule has 6 nitrogen and oxygen atoms in total. The summed E-state index contributed by atoms with van der Waals surface area (Å²) in [5, 5.41) is 16.5. The van der Waals surface area contributed by atoms with E-state index in [4.69, 9.17) is 16.3 Å². The summed E-state index contributed by atoms with van der Waals surface area (Å²) in [5.74, 6) is 0.427. The summed E-state index contributed by atoms with van der Waals surface area (Å²) in [6.07, 6.45) is 5.68. The zero-order valence-electron chi connectivity index (χ0n) is 15.5. The van der Waals surface area contributed by atoms with Gasteiger partial charge in [-0.3, -0.25) is 5.32 Å². The summed E-state index contributed by atoms with van der Waals surface area (Å²) in [4.78, 5) is 0. The van der Waals surface area contributed by atoms with Crippen LogP contribution in [0.2, 0.25) is 0 Å². The summed E-state index contributed by atoms with van der Waals surface area (Å²) in [7, 11) is 1.76. The number of hydrazine groups is 1. The third-order valence-electron chi connectivity index (χ3n) is 5.88. The van der Waals surface area contributed by atoms with E-state index in [0.717, 1.165) is 38.5 Å². The zero-order chi connectivity index (χ0) is 17.7. The summed E-state index contributed by atoms with van der Waals surface area (Å²) >= 11 is 6.33. The second kappa shape index (κ2) is 9.12. The number of hydrogen-bond acceptors (Lipinski definition) is 5. The Morgan fingerprint density at radius 1 is 1.42 bits per heavy atom. The Balaban J connectivity index is 1.94. The Hall–Kier alpha value is 0.0500. The standard InChI is InChI=1S/C17H35ClN4O2/c1-5-7-11(6-2)17(3)15(23)20-16(21-22-17)19-13-10-12(18)8-9-14(13)24-4/h11-16,19-23H,5-10H2,1-4H3/p+1. The van der Waals surface area contributed by atoms with E-state index < -0.39 is 6.23 Å². The molecular weight excluding hydrogens is 328 g/mol. The molecule has 7 atom stereocenters. The topological polar surface area (TPSA) is 82.2 Å². The lowest BCUT2D eigenvalue weighted by molar-refractivity contribution is -0.783. The lowest BCUT2D eigenvalue weighted by Gasteiger charge is -2.46. The first kappa shape index (κ1) is 20.4. The van der Waals surface area contributed by atoms with Gasteiger partial charge >= 0.3 is 0 Å². The van der Waals surface area contributed by atoms with Crippen molar-refractivity contribution in [3.8, 4) is 0 Å². The molecular formula is C17H36ClN4O2+. The first-order chi connectivity index (χ1) is 11.4. The van der Waals surface area contributed by atoms with Gasteiger partial charge in [-0.2, -0.15) is 5.43 Å². The van der Waals surface area contributed by atoms with Gasteiger partial charge in [0, 0.05) is 18.5 Å². The number of nitrogens with two attached hydrogens (primary N) is 1. The van der Waals surface area contributed by atoms with Crippen molar-refractivity contribution >= 4 is 11.6 Å². The fourth-order valence-corrected chi connectivity index (χ4v) is 4.55. The number of aliphatic hydroxyl groups excluding tert-OH is 1. The quantitative estimate of drug-likeness (QED) is 0.428. The monoisotopic (exact) mass is 363 g/mol. The van der Waals surface area contributed by atoms with E-state index in [1.807, 2.05) is 5.32 Å². The van der Waals surface area contributed by atoms with Crippen LogP contribution < -0.4 is 21.5 Å².